The van der Waals surface area contributed by atoms with Crippen LogP contribution in [0.1, 0.15) is 19.4 Å². The van der Waals surface area contributed by atoms with Crippen molar-refractivity contribution in [2.24, 2.45) is 10.8 Å². The highest BCUT2D eigenvalue weighted by atomic mass is 79.9. The molecular weight excluding hydrogens is 322 g/mol. The van der Waals surface area contributed by atoms with Gasteiger partial charge in [0.1, 0.15) is 5.84 Å². The zero-order valence-corrected chi connectivity index (χ0v) is 11.8. The van der Waals surface area contributed by atoms with Gasteiger partial charge in [-0.1, -0.05) is 15.9 Å². The Morgan fingerprint density at radius 3 is 2.53 bits per heavy atom. The van der Waals surface area contributed by atoms with Crippen LogP contribution >= 0.6 is 31.9 Å². The molecule has 0 heterocycles. The summed E-state index contributed by atoms with van der Waals surface area (Å²) >= 11 is 6.87. The molecule has 0 radical (unpaired) electrons. The minimum atomic E-state index is 0.201. The summed E-state index contributed by atoms with van der Waals surface area (Å²) < 4.78 is 1.97. The molecule has 0 aliphatic rings. The van der Waals surface area contributed by atoms with Gasteiger partial charge in [-0.25, -0.2) is 5.84 Å². The summed E-state index contributed by atoms with van der Waals surface area (Å²) in [6, 6.07) is 6.07. The van der Waals surface area contributed by atoms with E-state index in [2.05, 4.69) is 42.3 Å². The van der Waals surface area contributed by atoms with Gasteiger partial charge in [-0.3, -0.25) is 4.99 Å². The quantitative estimate of drug-likeness (QED) is 0.378. The molecule has 0 saturated heterocycles. The van der Waals surface area contributed by atoms with E-state index in [9.17, 15) is 0 Å². The third kappa shape index (κ3) is 3.59. The second kappa shape index (κ2) is 5.63. The standard InChI is InChI=1S/C10H13Br2N3/c1-6(2)14-10(15-13)8-4-3-7(11)5-9(8)12/h3-6H,13H2,1-2H3,(H,14,15). The van der Waals surface area contributed by atoms with E-state index in [1.165, 1.54) is 0 Å². The number of amidine groups is 1. The van der Waals surface area contributed by atoms with Crippen molar-refractivity contribution in [2.75, 3.05) is 0 Å². The van der Waals surface area contributed by atoms with Crippen LogP contribution in [-0.4, -0.2) is 11.9 Å². The Bertz CT molecular complexity index is 375. The highest BCUT2D eigenvalue weighted by molar-refractivity contribution is 9.11. The summed E-state index contributed by atoms with van der Waals surface area (Å²) in [5.41, 5.74) is 3.57. The molecule has 82 valence electrons. The highest BCUT2D eigenvalue weighted by Crippen LogP contribution is 2.22. The van der Waals surface area contributed by atoms with Crippen LogP contribution in [0.25, 0.3) is 0 Å². The highest BCUT2D eigenvalue weighted by Gasteiger charge is 2.07. The van der Waals surface area contributed by atoms with Gasteiger partial charge >= 0.3 is 0 Å². The minimum absolute atomic E-state index is 0.201. The van der Waals surface area contributed by atoms with Crippen LogP contribution in [0.4, 0.5) is 0 Å². The van der Waals surface area contributed by atoms with E-state index in [4.69, 9.17) is 5.84 Å². The molecule has 3 N–H and O–H groups in total. The fourth-order valence-corrected chi connectivity index (χ4v) is 2.36. The Morgan fingerprint density at radius 2 is 2.07 bits per heavy atom. The lowest BCUT2D eigenvalue weighted by Crippen LogP contribution is -2.32. The van der Waals surface area contributed by atoms with E-state index < -0.39 is 0 Å². The second-order valence-electron chi connectivity index (χ2n) is 3.34. The first-order valence-electron chi connectivity index (χ1n) is 4.54. The zero-order valence-electron chi connectivity index (χ0n) is 8.59. The van der Waals surface area contributed by atoms with Gasteiger partial charge in [-0.15, -0.1) is 0 Å². The molecule has 0 spiro atoms. The van der Waals surface area contributed by atoms with Gasteiger partial charge in [0, 0.05) is 20.6 Å². The predicted molar refractivity (Wildman–Crippen MR) is 70.8 cm³/mol. The molecule has 15 heavy (non-hydrogen) atoms. The molecular formula is C10H13Br2N3. The van der Waals surface area contributed by atoms with Gasteiger partial charge in [-0.2, -0.15) is 0 Å². The van der Waals surface area contributed by atoms with E-state index in [1.807, 2.05) is 32.0 Å². The summed E-state index contributed by atoms with van der Waals surface area (Å²) in [5.74, 6) is 6.13. The Balaban J connectivity index is 3.13. The van der Waals surface area contributed by atoms with E-state index >= 15 is 0 Å². The lowest BCUT2D eigenvalue weighted by Gasteiger charge is -2.09. The van der Waals surface area contributed by atoms with Gasteiger partial charge in [0.05, 0.1) is 0 Å². The van der Waals surface area contributed by atoms with Crippen LogP contribution in [0.5, 0.6) is 0 Å². The Labute approximate surface area is 106 Å². The second-order valence-corrected chi connectivity index (χ2v) is 5.11. The molecule has 0 unspecified atom stereocenters. The van der Waals surface area contributed by atoms with Crippen molar-refractivity contribution in [3.05, 3.63) is 32.7 Å². The average Bonchev–Trinajstić information content (AvgIpc) is 2.14. The predicted octanol–water partition coefficient (Wildman–Crippen LogP) is 2.83. The third-order valence-corrected chi connectivity index (χ3v) is 2.86. The van der Waals surface area contributed by atoms with Crippen LogP contribution in [0.3, 0.4) is 0 Å². The Hall–Kier alpha value is -0.390. The number of hydrogen-bond acceptors (Lipinski definition) is 2. The third-order valence-electron chi connectivity index (χ3n) is 1.71. The summed E-state index contributed by atoms with van der Waals surface area (Å²) in [4.78, 5) is 4.39. The summed E-state index contributed by atoms with van der Waals surface area (Å²) in [6.45, 7) is 4.01. The van der Waals surface area contributed by atoms with Gasteiger partial charge in [0.2, 0.25) is 0 Å². The number of aliphatic imine (C=N–C) groups is 1. The number of nitrogens with zero attached hydrogens (tertiary/aromatic N) is 1. The molecule has 0 atom stereocenters. The number of rotatable bonds is 2. The van der Waals surface area contributed by atoms with Crippen molar-refractivity contribution < 1.29 is 0 Å². The van der Waals surface area contributed by atoms with E-state index in [0.717, 1.165) is 14.5 Å². The molecule has 0 aliphatic heterocycles. The van der Waals surface area contributed by atoms with Gasteiger partial charge in [0.25, 0.3) is 0 Å². The SMILES string of the molecule is CC(C)N=C(NN)c1ccc(Br)cc1Br. The minimum Gasteiger partial charge on any atom is -0.308 e. The van der Waals surface area contributed by atoms with Gasteiger partial charge < -0.3 is 5.43 Å². The number of benzene rings is 1. The fourth-order valence-electron chi connectivity index (χ4n) is 1.12. The first-order valence-corrected chi connectivity index (χ1v) is 6.13. The molecule has 5 heteroatoms. The maximum Gasteiger partial charge on any atom is 0.143 e. The molecule has 0 aromatic heterocycles. The summed E-state index contributed by atoms with van der Waals surface area (Å²) in [6.07, 6.45) is 0. The molecule has 0 aliphatic carbocycles. The van der Waals surface area contributed by atoms with E-state index in [0.29, 0.717) is 5.84 Å². The van der Waals surface area contributed by atoms with Crippen LogP contribution in [-0.2, 0) is 0 Å². The average molecular weight is 335 g/mol. The van der Waals surface area contributed by atoms with Crippen LogP contribution in [0.15, 0.2) is 32.1 Å². The smallest absolute Gasteiger partial charge is 0.143 e. The molecule has 0 bridgehead atoms. The lowest BCUT2D eigenvalue weighted by atomic mass is 10.2. The lowest BCUT2D eigenvalue weighted by molar-refractivity contribution is 0.820. The van der Waals surface area contributed by atoms with Crippen molar-refractivity contribution in [1.82, 2.24) is 5.43 Å². The molecule has 0 fully saturated rings. The maximum absolute atomic E-state index is 5.45. The maximum atomic E-state index is 5.45. The van der Waals surface area contributed by atoms with Crippen molar-refractivity contribution in [3.63, 3.8) is 0 Å². The number of hydrogen-bond donors (Lipinski definition) is 2. The van der Waals surface area contributed by atoms with E-state index in [1.54, 1.807) is 0 Å². The molecule has 0 saturated carbocycles. The Morgan fingerprint density at radius 1 is 1.40 bits per heavy atom. The van der Waals surface area contributed by atoms with Crippen LogP contribution in [0, 0.1) is 0 Å². The van der Waals surface area contributed by atoms with E-state index in [-0.39, 0.29) is 6.04 Å². The number of nitrogens with one attached hydrogen (secondary N) is 1. The van der Waals surface area contributed by atoms with Crippen LogP contribution < -0.4 is 11.3 Å². The number of hydrazine groups is 1. The molecule has 0 amide bonds. The van der Waals surface area contributed by atoms with Crippen molar-refractivity contribution in [3.8, 4) is 0 Å². The van der Waals surface area contributed by atoms with Gasteiger partial charge in [-0.05, 0) is 48.0 Å². The number of halogens is 2. The molecule has 3 nitrogen and oxygen atoms in total. The first kappa shape index (κ1) is 12.7. The number of nitrogens with two attached hydrogens (primary N) is 1. The topological polar surface area (TPSA) is 50.4 Å². The largest absolute Gasteiger partial charge is 0.308 e. The summed E-state index contributed by atoms with van der Waals surface area (Å²) in [5, 5.41) is 0. The molecule has 1 aromatic carbocycles. The fraction of sp³-hybridized carbons (Fsp3) is 0.300. The van der Waals surface area contributed by atoms with Crippen LogP contribution in [0.2, 0.25) is 0 Å². The van der Waals surface area contributed by atoms with Crippen molar-refractivity contribution >= 4 is 37.7 Å². The monoisotopic (exact) mass is 333 g/mol. The first-order chi connectivity index (χ1) is 7.04. The Kier molecular flexibility index (Phi) is 4.76. The van der Waals surface area contributed by atoms with Crippen molar-refractivity contribution in [1.29, 1.82) is 0 Å². The normalized spacial score (nSPS) is 12.0. The summed E-state index contributed by atoms with van der Waals surface area (Å²) in [7, 11) is 0. The van der Waals surface area contributed by atoms with Gasteiger partial charge in [0.15, 0.2) is 0 Å². The zero-order chi connectivity index (χ0) is 11.4. The van der Waals surface area contributed by atoms with Crippen molar-refractivity contribution in [2.45, 2.75) is 19.9 Å². The molecule has 1 rings (SSSR count). The molecule has 1 aromatic rings.